The number of carbonyl (C=O) groups is 1. The molecule has 124 valence electrons. The van der Waals surface area contributed by atoms with Crippen molar-refractivity contribution in [3.8, 4) is 11.8 Å². The third-order valence-electron chi connectivity index (χ3n) is 3.64. The molecule has 0 radical (unpaired) electrons. The van der Waals surface area contributed by atoms with E-state index in [4.69, 9.17) is 10.4 Å². The highest BCUT2D eigenvalue weighted by atomic mass is 19.1. The van der Waals surface area contributed by atoms with Crippen LogP contribution < -0.4 is 11.2 Å². The molecule has 0 aliphatic rings. The lowest BCUT2D eigenvalue weighted by Gasteiger charge is -2.14. The third-order valence-corrected chi connectivity index (χ3v) is 3.64. The number of hydrogen-bond donors (Lipinski definition) is 1. The van der Waals surface area contributed by atoms with Crippen molar-refractivity contribution in [3.05, 3.63) is 61.7 Å². The topological polar surface area (TPSA) is 105 Å². The number of halogens is 1. The summed E-state index contributed by atoms with van der Waals surface area (Å²) in [5.74, 6) is -2.48. The molecule has 2 aromatic rings. The maximum atomic E-state index is 14.3. The zero-order valence-corrected chi connectivity index (χ0v) is 13.0. The molecule has 1 aromatic heterocycles. The minimum Gasteiger partial charge on any atom is -0.478 e. The number of hydrogen-bond acceptors (Lipinski definition) is 4. The molecule has 0 spiro atoms. The number of rotatable bonds is 4. The van der Waals surface area contributed by atoms with Gasteiger partial charge in [-0.05, 0) is 25.5 Å². The average molecular weight is 331 g/mol. The van der Waals surface area contributed by atoms with Crippen LogP contribution in [0.2, 0.25) is 0 Å². The van der Waals surface area contributed by atoms with Crippen LogP contribution in [0.15, 0.2) is 27.8 Å². The van der Waals surface area contributed by atoms with Gasteiger partial charge in [0.15, 0.2) is 0 Å². The van der Waals surface area contributed by atoms with Gasteiger partial charge in [0.25, 0.3) is 5.56 Å². The normalized spacial score (nSPS) is 10.4. The third kappa shape index (κ3) is 2.72. The predicted molar refractivity (Wildman–Crippen MR) is 83.0 cm³/mol. The second-order valence-electron chi connectivity index (χ2n) is 4.96. The Morgan fingerprint density at radius 3 is 2.46 bits per heavy atom. The highest BCUT2D eigenvalue weighted by Crippen LogP contribution is 2.18. The number of aryl methyl sites for hydroxylation is 1. The largest absolute Gasteiger partial charge is 0.478 e. The average Bonchev–Trinajstić information content (AvgIpc) is 2.54. The van der Waals surface area contributed by atoms with E-state index in [1.54, 1.807) is 19.9 Å². The molecule has 0 fully saturated rings. The quantitative estimate of drug-likeness (QED) is 0.909. The minimum atomic E-state index is -1.46. The number of benzene rings is 1. The maximum Gasteiger partial charge on any atom is 0.337 e. The van der Waals surface area contributed by atoms with Gasteiger partial charge in [0.1, 0.15) is 11.9 Å². The number of aromatic carboxylic acids is 1. The van der Waals surface area contributed by atoms with E-state index >= 15 is 0 Å². The van der Waals surface area contributed by atoms with Gasteiger partial charge in [0, 0.05) is 18.3 Å². The molecule has 0 saturated heterocycles. The summed E-state index contributed by atoms with van der Waals surface area (Å²) in [7, 11) is 0. The lowest BCUT2D eigenvalue weighted by Crippen LogP contribution is -2.40. The molecule has 1 heterocycles. The van der Waals surface area contributed by atoms with Crippen molar-refractivity contribution in [2.24, 2.45) is 0 Å². The molecule has 0 aliphatic heterocycles. The van der Waals surface area contributed by atoms with Gasteiger partial charge in [-0.15, -0.1) is 0 Å². The van der Waals surface area contributed by atoms with Gasteiger partial charge >= 0.3 is 11.7 Å². The van der Waals surface area contributed by atoms with Crippen LogP contribution in [0.5, 0.6) is 0 Å². The summed E-state index contributed by atoms with van der Waals surface area (Å²) >= 11 is 0. The molecule has 0 amide bonds. The van der Waals surface area contributed by atoms with E-state index in [-0.39, 0.29) is 6.54 Å². The number of carboxylic acids is 1. The standard InChI is InChI=1S/C16H14FN3O4/c1-3-10-6-14(21)20(16(24)19(10)4-2)13-7-11(15(22)23)9(8-18)5-12(13)17/h5-7H,3-4H2,1-2H3,(H,22,23). The van der Waals surface area contributed by atoms with Crippen LogP contribution in [0.4, 0.5) is 4.39 Å². The molecular formula is C16H14FN3O4. The van der Waals surface area contributed by atoms with Crippen LogP contribution in [0.3, 0.4) is 0 Å². The first kappa shape index (κ1) is 17.1. The fourth-order valence-electron chi connectivity index (χ4n) is 2.48. The molecule has 1 N–H and O–H groups in total. The van der Waals surface area contributed by atoms with Crippen molar-refractivity contribution >= 4 is 5.97 Å². The van der Waals surface area contributed by atoms with Crippen LogP contribution in [0, 0.1) is 17.1 Å². The smallest absolute Gasteiger partial charge is 0.337 e. The Balaban J connectivity index is 2.91. The molecule has 0 aliphatic carbocycles. The summed E-state index contributed by atoms with van der Waals surface area (Å²) in [6.07, 6.45) is 0.440. The molecule has 2 rings (SSSR count). The van der Waals surface area contributed by atoms with E-state index in [1.807, 2.05) is 0 Å². The van der Waals surface area contributed by atoms with Crippen LogP contribution in [0.25, 0.3) is 5.69 Å². The first-order chi connectivity index (χ1) is 11.3. The van der Waals surface area contributed by atoms with E-state index in [0.29, 0.717) is 22.7 Å². The van der Waals surface area contributed by atoms with E-state index in [2.05, 4.69) is 0 Å². The van der Waals surface area contributed by atoms with Gasteiger partial charge < -0.3 is 5.11 Å². The van der Waals surface area contributed by atoms with Gasteiger partial charge in [0.2, 0.25) is 0 Å². The van der Waals surface area contributed by atoms with Crippen LogP contribution in [0.1, 0.15) is 35.5 Å². The van der Waals surface area contributed by atoms with Crippen LogP contribution >= 0.6 is 0 Å². The Morgan fingerprint density at radius 1 is 1.29 bits per heavy atom. The summed E-state index contributed by atoms with van der Waals surface area (Å²) in [5, 5.41) is 18.0. The molecule has 8 heteroatoms. The Bertz CT molecular complexity index is 983. The fourth-order valence-corrected chi connectivity index (χ4v) is 2.48. The molecule has 24 heavy (non-hydrogen) atoms. The van der Waals surface area contributed by atoms with Gasteiger partial charge in [-0.1, -0.05) is 6.92 Å². The predicted octanol–water partition coefficient (Wildman–Crippen LogP) is 1.29. The second kappa shape index (κ2) is 6.50. The van der Waals surface area contributed by atoms with Gasteiger partial charge in [0.05, 0.1) is 16.8 Å². The van der Waals surface area contributed by atoms with Crippen molar-refractivity contribution in [2.75, 3.05) is 0 Å². The highest BCUT2D eigenvalue weighted by Gasteiger charge is 2.19. The lowest BCUT2D eigenvalue weighted by atomic mass is 10.1. The van der Waals surface area contributed by atoms with Crippen molar-refractivity contribution in [3.63, 3.8) is 0 Å². The number of nitriles is 1. The van der Waals surface area contributed by atoms with Gasteiger partial charge in [-0.3, -0.25) is 9.36 Å². The summed E-state index contributed by atoms with van der Waals surface area (Å²) < 4.78 is 16.2. The van der Waals surface area contributed by atoms with Crippen molar-refractivity contribution in [1.29, 1.82) is 5.26 Å². The molecule has 7 nitrogen and oxygen atoms in total. The SMILES string of the molecule is CCc1cc(=O)n(-c2cc(C(=O)O)c(C#N)cc2F)c(=O)n1CC. The second-order valence-corrected chi connectivity index (χ2v) is 4.96. The number of aromatic nitrogens is 2. The summed E-state index contributed by atoms with van der Waals surface area (Å²) in [6, 6.07) is 4.31. The Labute approximate surface area is 135 Å². The Kier molecular flexibility index (Phi) is 4.64. The molecule has 0 unspecified atom stereocenters. The first-order valence-electron chi connectivity index (χ1n) is 7.18. The monoisotopic (exact) mass is 331 g/mol. The lowest BCUT2D eigenvalue weighted by molar-refractivity contribution is 0.0696. The Hall–Kier alpha value is -3.21. The van der Waals surface area contributed by atoms with E-state index in [0.717, 1.165) is 6.07 Å². The van der Waals surface area contributed by atoms with Gasteiger partial charge in [-0.2, -0.15) is 5.26 Å². The highest BCUT2D eigenvalue weighted by molar-refractivity contribution is 5.91. The van der Waals surface area contributed by atoms with E-state index in [9.17, 15) is 18.8 Å². The first-order valence-corrected chi connectivity index (χ1v) is 7.18. The zero-order chi connectivity index (χ0) is 18.0. The Morgan fingerprint density at radius 2 is 1.96 bits per heavy atom. The molecule has 1 aromatic carbocycles. The molecule has 0 saturated carbocycles. The summed E-state index contributed by atoms with van der Waals surface area (Å²) in [6.45, 7) is 3.74. The number of nitrogens with zero attached hydrogens (tertiary/aromatic N) is 3. The van der Waals surface area contributed by atoms with E-state index < -0.39 is 39.8 Å². The molecule has 0 atom stereocenters. The minimum absolute atomic E-state index is 0.270. The van der Waals surface area contributed by atoms with Crippen molar-refractivity contribution < 1.29 is 14.3 Å². The number of carboxylic acid groups (broad SMARTS) is 1. The van der Waals surface area contributed by atoms with Crippen LogP contribution in [-0.4, -0.2) is 20.2 Å². The van der Waals surface area contributed by atoms with Crippen LogP contribution in [-0.2, 0) is 13.0 Å². The molecular weight excluding hydrogens is 317 g/mol. The zero-order valence-electron chi connectivity index (χ0n) is 13.0. The molecule has 0 bridgehead atoms. The van der Waals surface area contributed by atoms with Crippen molar-refractivity contribution in [1.82, 2.24) is 9.13 Å². The van der Waals surface area contributed by atoms with Crippen molar-refractivity contribution in [2.45, 2.75) is 26.8 Å². The van der Waals surface area contributed by atoms with E-state index in [1.165, 1.54) is 10.6 Å². The maximum absolute atomic E-state index is 14.3. The van der Waals surface area contributed by atoms with Gasteiger partial charge in [-0.25, -0.2) is 18.5 Å². The summed E-state index contributed by atoms with van der Waals surface area (Å²) in [4.78, 5) is 36.0. The fraction of sp³-hybridized carbons (Fsp3) is 0.250. The summed E-state index contributed by atoms with van der Waals surface area (Å²) in [5.41, 5.74) is -2.40.